The molecule has 0 aliphatic carbocycles. The summed E-state index contributed by atoms with van der Waals surface area (Å²) >= 11 is 0. The van der Waals surface area contributed by atoms with Crippen LogP contribution in [0.5, 0.6) is 0 Å². The number of benzene rings is 1. The van der Waals surface area contributed by atoms with Gasteiger partial charge in [-0.2, -0.15) is 5.10 Å². The molecule has 0 saturated heterocycles. The van der Waals surface area contributed by atoms with Crippen LogP contribution in [0.1, 0.15) is 23.3 Å². The molecule has 2 aromatic rings. The van der Waals surface area contributed by atoms with E-state index in [0.717, 1.165) is 17.2 Å². The van der Waals surface area contributed by atoms with Gasteiger partial charge in [0.05, 0.1) is 0 Å². The van der Waals surface area contributed by atoms with Crippen molar-refractivity contribution in [1.82, 2.24) is 14.8 Å². The zero-order valence-electron chi connectivity index (χ0n) is 9.59. The van der Waals surface area contributed by atoms with Gasteiger partial charge < -0.3 is 5.73 Å². The van der Waals surface area contributed by atoms with E-state index in [0.29, 0.717) is 6.42 Å². The Balaban J connectivity index is 2.14. The molecule has 0 bridgehead atoms. The number of rotatable bonds is 3. The third-order valence-corrected chi connectivity index (χ3v) is 2.59. The fraction of sp³-hybridized carbons (Fsp3) is 0.333. The lowest BCUT2D eigenvalue weighted by Gasteiger charge is -2.10. The van der Waals surface area contributed by atoms with E-state index in [4.69, 9.17) is 5.73 Å². The molecule has 84 valence electrons. The van der Waals surface area contributed by atoms with E-state index in [1.165, 1.54) is 0 Å². The average Bonchev–Trinajstić information content (AvgIpc) is 2.59. The second-order valence-corrected chi connectivity index (χ2v) is 3.92. The van der Waals surface area contributed by atoms with E-state index < -0.39 is 0 Å². The Morgan fingerprint density at radius 1 is 1.31 bits per heavy atom. The second-order valence-electron chi connectivity index (χ2n) is 3.92. The maximum Gasteiger partial charge on any atom is 0.147 e. The van der Waals surface area contributed by atoms with Crippen molar-refractivity contribution in [2.24, 2.45) is 12.8 Å². The Morgan fingerprint density at radius 2 is 2.00 bits per heavy atom. The quantitative estimate of drug-likeness (QED) is 0.843. The molecule has 1 heterocycles. The molecule has 4 nitrogen and oxygen atoms in total. The molecule has 2 N–H and O–H groups in total. The van der Waals surface area contributed by atoms with E-state index in [2.05, 4.69) is 10.1 Å². The molecule has 2 rings (SSSR count). The number of aryl methyl sites for hydroxylation is 2. The van der Waals surface area contributed by atoms with Gasteiger partial charge in [-0.25, -0.2) is 4.98 Å². The van der Waals surface area contributed by atoms with Crippen LogP contribution in [0.3, 0.4) is 0 Å². The fourth-order valence-electron chi connectivity index (χ4n) is 1.75. The van der Waals surface area contributed by atoms with Gasteiger partial charge in [0.2, 0.25) is 0 Å². The third kappa shape index (κ3) is 2.28. The van der Waals surface area contributed by atoms with Gasteiger partial charge in [0.15, 0.2) is 0 Å². The van der Waals surface area contributed by atoms with Crippen LogP contribution in [-0.4, -0.2) is 14.8 Å². The average molecular weight is 216 g/mol. The molecule has 0 fully saturated rings. The van der Waals surface area contributed by atoms with Gasteiger partial charge >= 0.3 is 0 Å². The lowest BCUT2D eigenvalue weighted by Crippen LogP contribution is -2.15. The first-order valence-corrected chi connectivity index (χ1v) is 5.34. The molecule has 0 radical (unpaired) electrons. The van der Waals surface area contributed by atoms with Gasteiger partial charge in [-0.3, -0.25) is 4.68 Å². The molecule has 1 unspecified atom stereocenters. The molecule has 0 aliphatic rings. The molecule has 4 heteroatoms. The maximum absolute atomic E-state index is 6.12. The van der Waals surface area contributed by atoms with Crippen molar-refractivity contribution in [3.05, 3.63) is 47.5 Å². The molecular formula is C12H16N4. The standard InChI is InChI=1S/C12H16N4/c1-9-14-12(16(2)15-9)8-11(13)10-6-4-3-5-7-10/h3-7,11H,8,13H2,1-2H3. The van der Waals surface area contributed by atoms with Crippen LogP contribution in [0.2, 0.25) is 0 Å². The van der Waals surface area contributed by atoms with Gasteiger partial charge in [-0.15, -0.1) is 0 Å². The summed E-state index contributed by atoms with van der Waals surface area (Å²) in [6.45, 7) is 1.89. The summed E-state index contributed by atoms with van der Waals surface area (Å²) in [5.41, 5.74) is 7.25. The third-order valence-electron chi connectivity index (χ3n) is 2.59. The first kappa shape index (κ1) is 10.8. The normalized spacial score (nSPS) is 12.7. The minimum atomic E-state index is -0.0245. The van der Waals surface area contributed by atoms with Crippen molar-refractivity contribution < 1.29 is 0 Å². The molecular weight excluding hydrogens is 200 g/mol. The van der Waals surface area contributed by atoms with Gasteiger partial charge in [-0.05, 0) is 12.5 Å². The summed E-state index contributed by atoms with van der Waals surface area (Å²) in [5.74, 6) is 1.71. The first-order valence-electron chi connectivity index (χ1n) is 5.34. The van der Waals surface area contributed by atoms with Crippen LogP contribution in [0.4, 0.5) is 0 Å². The summed E-state index contributed by atoms with van der Waals surface area (Å²) in [7, 11) is 1.90. The molecule has 1 aromatic carbocycles. The van der Waals surface area contributed by atoms with Crippen LogP contribution in [0, 0.1) is 6.92 Å². The van der Waals surface area contributed by atoms with E-state index in [9.17, 15) is 0 Å². The van der Waals surface area contributed by atoms with Crippen molar-refractivity contribution in [3.63, 3.8) is 0 Å². The summed E-state index contributed by atoms with van der Waals surface area (Å²) in [4.78, 5) is 4.35. The Bertz CT molecular complexity index is 461. The van der Waals surface area contributed by atoms with Crippen molar-refractivity contribution in [1.29, 1.82) is 0 Å². The first-order chi connectivity index (χ1) is 7.66. The Morgan fingerprint density at radius 3 is 2.56 bits per heavy atom. The highest BCUT2D eigenvalue weighted by atomic mass is 15.3. The maximum atomic E-state index is 6.12. The van der Waals surface area contributed by atoms with Crippen LogP contribution in [0.15, 0.2) is 30.3 Å². The Hall–Kier alpha value is -1.68. The highest BCUT2D eigenvalue weighted by molar-refractivity contribution is 5.19. The molecule has 0 aliphatic heterocycles. The Kier molecular flexibility index (Phi) is 3.01. The minimum absolute atomic E-state index is 0.0245. The number of nitrogens with two attached hydrogens (primary N) is 1. The monoisotopic (exact) mass is 216 g/mol. The minimum Gasteiger partial charge on any atom is -0.324 e. The highest BCUT2D eigenvalue weighted by Crippen LogP contribution is 2.14. The molecule has 0 amide bonds. The predicted molar refractivity (Wildman–Crippen MR) is 62.8 cm³/mol. The highest BCUT2D eigenvalue weighted by Gasteiger charge is 2.11. The Labute approximate surface area is 95.1 Å². The van der Waals surface area contributed by atoms with Gasteiger partial charge in [-0.1, -0.05) is 30.3 Å². The topological polar surface area (TPSA) is 56.7 Å². The van der Waals surface area contributed by atoms with Crippen LogP contribution in [-0.2, 0) is 13.5 Å². The van der Waals surface area contributed by atoms with Gasteiger partial charge in [0.25, 0.3) is 0 Å². The molecule has 16 heavy (non-hydrogen) atoms. The van der Waals surface area contributed by atoms with Gasteiger partial charge in [0.1, 0.15) is 11.6 Å². The van der Waals surface area contributed by atoms with Crippen molar-refractivity contribution in [3.8, 4) is 0 Å². The van der Waals surface area contributed by atoms with E-state index in [-0.39, 0.29) is 6.04 Å². The molecule has 0 spiro atoms. The molecule has 1 atom stereocenters. The summed E-state index contributed by atoms with van der Waals surface area (Å²) in [5, 5.41) is 4.21. The van der Waals surface area contributed by atoms with Crippen LogP contribution < -0.4 is 5.73 Å². The largest absolute Gasteiger partial charge is 0.324 e. The number of hydrogen-bond acceptors (Lipinski definition) is 3. The zero-order chi connectivity index (χ0) is 11.5. The number of aromatic nitrogens is 3. The lowest BCUT2D eigenvalue weighted by atomic mass is 10.0. The van der Waals surface area contributed by atoms with Crippen LogP contribution in [0.25, 0.3) is 0 Å². The zero-order valence-corrected chi connectivity index (χ0v) is 9.59. The number of hydrogen-bond donors (Lipinski definition) is 1. The van der Waals surface area contributed by atoms with E-state index in [1.54, 1.807) is 4.68 Å². The summed E-state index contributed by atoms with van der Waals surface area (Å²) < 4.78 is 1.79. The predicted octanol–water partition coefficient (Wildman–Crippen LogP) is 1.37. The number of nitrogens with zero attached hydrogens (tertiary/aromatic N) is 3. The molecule has 1 aromatic heterocycles. The van der Waals surface area contributed by atoms with Crippen LogP contribution >= 0.6 is 0 Å². The van der Waals surface area contributed by atoms with Gasteiger partial charge in [0, 0.05) is 19.5 Å². The van der Waals surface area contributed by atoms with Crippen molar-refractivity contribution in [2.45, 2.75) is 19.4 Å². The fourth-order valence-corrected chi connectivity index (χ4v) is 1.75. The summed E-state index contributed by atoms with van der Waals surface area (Å²) in [6.07, 6.45) is 0.710. The van der Waals surface area contributed by atoms with E-state index >= 15 is 0 Å². The SMILES string of the molecule is Cc1nc(CC(N)c2ccccc2)n(C)n1. The van der Waals surface area contributed by atoms with Crippen molar-refractivity contribution >= 4 is 0 Å². The smallest absolute Gasteiger partial charge is 0.147 e. The molecule has 0 saturated carbocycles. The van der Waals surface area contributed by atoms with E-state index in [1.807, 2.05) is 44.3 Å². The second kappa shape index (κ2) is 4.45. The summed E-state index contributed by atoms with van der Waals surface area (Å²) in [6, 6.07) is 10.0. The van der Waals surface area contributed by atoms with Crippen molar-refractivity contribution in [2.75, 3.05) is 0 Å². The lowest BCUT2D eigenvalue weighted by molar-refractivity contribution is 0.629.